The van der Waals surface area contributed by atoms with Crippen molar-refractivity contribution in [3.8, 4) is 5.75 Å². The maximum absolute atomic E-state index is 13.2. The highest BCUT2D eigenvalue weighted by molar-refractivity contribution is 5.76. The minimum atomic E-state index is -4.39. The Bertz CT molecular complexity index is 505. The molecule has 1 fully saturated rings. The molecular weight excluding hydrogens is 285 g/mol. The van der Waals surface area contributed by atoms with Gasteiger partial charge in [-0.05, 0) is 6.07 Å². The number of alkyl halides is 3. The first-order valence-corrected chi connectivity index (χ1v) is 6.61. The van der Waals surface area contributed by atoms with Gasteiger partial charge in [0.15, 0.2) is 0 Å². The highest BCUT2D eigenvalue weighted by Gasteiger charge is 2.44. The minimum absolute atomic E-state index is 0.0573. The van der Waals surface area contributed by atoms with Crippen LogP contribution in [-0.2, 0) is 11.3 Å². The second kappa shape index (κ2) is 6.34. The summed E-state index contributed by atoms with van der Waals surface area (Å²) in [4.78, 5) is 12.6. The molecule has 1 aliphatic rings. The highest BCUT2D eigenvalue weighted by Crippen LogP contribution is 2.29. The molecule has 0 bridgehead atoms. The Kier molecular flexibility index (Phi) is 4.72. The molecule has 1 unspecified atom stereocenters. The van der Waals surface area contributed by atoms with Crippen molar-refractivity contribution in [3.63, 3.8) is 0 Å². The molecule has 116 valence electrons. The van der Waals surface area contributed by atoms with Crippen molar-refractivity contribution < 1.29 is 22.7 Å². The lowest BCUT2D eigenvalue weighted by Gasteiger charge is -2.31. The Labute approximate surface area is 120 Å². The van der Waals surface area contributed by atoms with Crippen molar-refractivity contribution in [2.24, 2.45) is 0 Å². The Morgan fingerprint density at radius 2 is 2.10 bits per heavy atom. The van der Waals surface area contributed by atoms with E-state index in [1.54, 1.807) is 24.3 Å². The number of halogens is 3. The highest BCUT2D eigenvalue weighted by atomic mass is 19.4. The van der Waals surface area contributed by atoms with Crippen LogP contribution in [0.25, 0.3) is 0 Å². The number of amides is 1. The second-order valence-electron chi connectivity index (χ2n) is 4.89. The predicted octanol–water partition coefficient (Wildman–Crippen LogP) is 1.95. The molecule has 0 spiro atoms. The zero-order valence-electron chi connectivity index (χ0n) is 11.6. The topological polar surface area (TPSA) is 41.6 Å². The van der Waals surface area contributed by atoms with Crippen LogP contribution < -0.4 is 10.1 Å². The molecule has 1 heterocycles. The fourth-order valence-corrected chi connectivity index (χ4v) is 2.39. The molecule has 2 rings (SSSR count). The van der Waals surface area contributed by atoms with Crippen LogP contribution in [-0.4, -0.2) is 43.2 Å². The smallest absolute Gasteiger partial charge is 0.405 e. The molecule has 1 amide bonds. The molecular formula is C14H17F3N2O2. The number of carbonyl (C=O) groups is 1. The van der Waals surface area contributed by atoms with E-state index in [0.717, 1.165) is 0 Å². The summed E-state index contributed by atoms with van der Waals surface area (Å²) in [5, 5.41) is 2.31. The van der Waals surface area contributed by atoms with Gasteiger partial charge in [0.1, 0.15) is 11.8 Å². The molecule has 1 aromatic carbocycles. The van der Waals surface area contributed by atoms with Crippen molar-refractivity contribution in [1.29, 1.82) is 0 Å². The van der Waals surface area contributed by atoms with Crippen LogP contribution in [0.5, 0.6) is 5.75 Å². The number of nitrogens with one attached hydrogen (secondary N) is 1. The molecule has 21 heavy (non-hydrogen) atoms. The van der Waals surface area contributed by atoms with Crippen LogP contribution in [0.3, 0.4) is 0 Å². The van der Waals surface area contributed by atoms with Gasteiger partial charge in [0, 0.05) is 31.6 Å². The van der Waals surface area contributed by atoms with E-state index in [4.69, 9.17) is 4.74 Å². The van der Waals surface area contributed by atoms with Crippen molar-refractivity contribution in [2.75, 3.05) is 20.2 Å². The summed E-state index contributed by atoms with van der Waals surface area (Å²) >= 11 is 0. The molecule has 1 aromatic rings. The lowest BCUT2D eigenvalue weighted by atomic mass is 10.1. The van der Waals surface area contributed by atoms with Gasteiger partial charge in [0.2, 0.25) is 5.91 Å². The molecule has 1 N–H and O–H groups in total. The van der Waals surface area contributed by atoms with Gasteiger partial charge in [-0.2, -0.15) is 13.2 Å². The number of nitrogens with zero attached hydrogens (tertiary/aromatic N) is 1. The van der Waals surface area contributed by atoms with Crippen LogP contribution in [0.15, 0.2) is 24.3 Å². The molecule has 1 atom stereocenters. The Morgan fingerprint density at radius 3 is 2.76 bits per heavy atom. The summed E-state index contributed by atoms with van der Waals surface area (Å²) in [7, 11) is 1.48. The summed E-state index contributed by atoms with van der Waals surface area (Å²) in [6.07, 6.45) is -4.33. The fraction of sp³-hybridized carbons (Fsp3) is 0.500. The summed E-state index contributed by atoms with van der Waals surface area (Å²) in [5.41, 5.74) is 0.670. The fourth-order valence-electron chi connectivity index (χ4n) is 2.39. The summed E-state index contributed by atoms with van der Waals surface area (Å²) in [6, 6.07) is 5.26. The summed E-state index contributed by atoms with van der Waals surface area (Å²) in [6.45, 7) is -0.269. The van der Waals surface area contributed by atoms with Gasteiger partial charge in [0.25, 0.3) is 0 Å². The standard InChI is InChI=1S/C14H17F3N2O2/c1-21-11-5-3-2-4-10(11)9-19-7-6-13(20)18-8-12(19)14(15,16)17/h2-5,12H,6-9H2,1H3,(H,18,20). The zero-order chi connectivity index (χ0) is 15.5. The summed E-state index contributed by atoms with van der Waals surface area (Å²) in [5.74, 6) is 0.189. The number of carbonyl (C=O) groups excluding carboxylic acids is 1. The number of rotatable bonds is 3. The van der Waals surface area contributed by atoms with Gasteiger partial charge < -0.3 is 10.1 Å². The van der Waals surface area contributed by atoms with Crippen molar-refractivity contribution in [1.82, 2.24) is 10.2 Å². The van der Waals surface area contributed by atoms with Crippen LogP contribution in [0.2, 0.25) is 0 Å². The van der Waals surface area contributed by atoms with Gasteiger partial charge in [-0.15, -0.1) is 0 Å². The van der Waals surface area contributed by atoms with Crippen LogP contribution in [0, 0.1) is 0 Å². The number of methoxy groups -OCH3 is 1. The molecule has 0 radical (unpaired) electrons. The minimum Gasteiger partial charge on any atom is -0.496 e. The Morgan fingerprint density at radius 1 is 1.38 bits per heavy atom. The first-order valence-electron chi connectivity index (χ1n) is 6.61. The first-order chi connectivity index (χ1) is 9.91. The third-order valence-corrected chi connectivity index (χ3v) is 3.50. The molecule has 0 aromatic heterocycles. The van der Waals surface area contributed by atoms with Gasteiger partial charge in [0.05, 0.1) is 7.11 Å². The molecule has 0 saturated carbocycles. The average molecular weight is 302 g/mol. The van der Waals surface area contributed by atoms with E-state index in [1.165, 1.54) is 12.0 Å². The molecule has 1 saturated heterocycles. The quantitative estimate of drug-likeness (QED) is 0.928. The van der Waals surface area contributed by atoms with E-state index < -0.39 is 18.8 Å². The van der Waals surface area contributed by atoms with E-state index in [2.05, 4.69) is 5.32 Å². The third-order valence-electron chi connectivity index (χ3n) is 3.50. The number of hydrogen-bond donors (Lipinski definition) is 1. The first kappa shape index (κ1) is 15.6. The van der Waals surface area contributed by atoms with Crippen molar-refractivity contribution in [2.45, 2.75) is 25.2 Å². The summed E-state index contributed by atoms with van der Waals surface area (Å²) < 4.78 is 44.6. The van der Waals surface area contributed by atoms with E-state index in [1.807, 2.05) is 0 Å². The van der Waals surface area contributed by atoms with E-state index in [-0.39, 0.29) is 25.4 Å². The van der Waals surface area contributed by atoms with Gasteiger partial charge in [-0.1, -0.05) is 18.2 Å². The molecule has 1 aliphatic heterocycles. The number of para-hydroxylation sites is 1. The lowest BCUT2D eigenvalue weighted by Crippen LogP contribution is -2.49. The van der Waals surface area contributed by atoms with Gasteiger partial charge in [-0.3, -0.25) is 9.69 Å². The monoisotopic (exact) mass is 302 g/mol. The number of hydrogen-bond acceptors (Lipinski definition) is 3. The van der Waals surface area contributed by atoms with Crippen LogP contribution >= 0.6 is 0 Å². The Balaban J connectivity index is 2.23. The number of benzene rings is 1. The molecule has 0 aliphatic carbocycles. The normalized spacial score (nSPS) is 20.8. The molecule has 7 heteroatoms. The maximum Gasteiger partial charge on any atom is 0.405 e. The molecule has 4 nitrogen and oxygen atoms in total. The van der Waals surface area contributed by atoms with Crippen LogP contribution in [0.4, 0.5) is 13.2 Å². The van der Waals surface area contributed by atoms with Gasteiger partial charge >= 0.3 is 6.18 Å². The second-order valence-corrected chi connectivity index (χ2v) is 4.89. The average Bonchev–Trinajstić information content (AvgIpc) is 2.61. The van der Waals surface area contributed by atoms with E-state index in [0.29, 0.717) is 11.3 Å². The SMILES string of the molecule is COc1ccccc1CN1CCC(=O)NCC1C(F)(F)F. The predicted molar refractivity (Wildman–Crippen MR) is 70.9 cm³/mol. The van der Waals surface area contributed by atoms with Crippen LogP contribution in [0.1, 0.15) is 12.0 Å². The Hall–Kier alpha value is -1.76. The third kappa shape index (κ3) is 3.87. The van der Waals surface area contributed by atoms with Gasteiger partial charge in [-0.25, -0.2) is 0 Å². The zero-order valence-corrected chi connectivity index (χ0v) is 11.6. The lowest BCUT2D eigenvalue weighted by molar-refractivity contribution is -0.182. The van der Waals surface area contributed by atoms with E-state index in [9.17, 15) is 18.0 Å². The van der Waals surface area contributed by atoms with Crippen molar-refractivity contribution >= 4 is 5.91 Å². The number of ether oxygens (including phenoxy) is 1. The van der Waals surface area contributed by atoms with E-state index >= 15 is 0 Å². The largest absolute Gasteiger partial charge is 0.496 e. The van der Waals surface area contributed by atoms with Crippen molar-refractivity contribution in [3.05, 3.63) is 29.8 Å². The maximum atomic E-state index is 13.2.